The molecule has 0 aliphatic rings. The van der Waals surface area contributed by atoms with Crippen LogP contribution in [0.5, 0.6) is 0 Å². The van der Waals surface area contributed by atoms with Gasteiger partial charge in [0.05, 0.1) is 19.2 Å². The minimum absolute atomic E-state index is 0.0532. The van der Waals surface area contributed by atoms with E-state index in [1.54, 1.807) is 132 Å². The van der Waals surface area contributed by atoms with Crippen LogP contribution in [0.25, 0.3) is 56.4 Å². The van der Waals surface area contributed by atoms with Crippen molar-refractivity contribution in [3.63, 3.8) is 0 Å². The molecule has 5 N–H and O–H groups in total. The van der Waals surface area contributed by atoms with Crippen LogP contribution in [0, 0.1) is 27.7 Å². The van der Waals surface area contributed by atoms with Crippen LogP contribution in [0.4, 0.5) is 11.6 Å². The molecule has 12 aromatic heterocycles. The summed E-state index contributed by atoms with van der Waals surface area (Å²) >= 11 is 5.77. The summed E-state index contributed by atoms with van der Waals surface area (Å²) in [5.74, 6) is -0.333. The van der Waals surface area contributed by atoms with Crippen molar-refractivity contribution in [2.75, 3.05) is 17.7 Å². The number of hydrogen-bond donors (Lipinski definition) is 5. The number of nitrogens with one attached hydrogen (secondary N) is 2. The van der Waals surface area contributed by atoms with Gasteiger partial charge in [0.1, 0.15) is 45.8 Å². The lowest BCUT2D eigenvalue weighted by Crippen LogP contribution is -2.29. The highest BCUT2D eigenvalue weighted by molar-refractivity contribution is 6.58. The fourth-order valence-electron chi connectivity index (χ4n) is 8.75. The normalized spacial score (nSPS) is 10.5. The quantitative estimate of drug-likeness (QED) is 0.0499. The number of halogens is 1. The van der Waals surface area contributed by atoms with Gasteiger partial charge >= 0.3 is 19.1 Å². The minimum Gasteiger partial charge on any atom is -0.477 e. The van der Waals surface area contributed by atoms with E-state index < -0.39 is 19.1 Å². The maximum Gasteiger partial charge on any atom is 0.488 e. The average Bonchev–Trinajstić information content (AvgIpc) is 1.84. The van der Waals surface area contributed by atoms with Gasteiger partial charge in [0.15, 0.2) is 0 Å². The molecule has 0 unspecified atom stereocenters. The third-order valence-corrected chi connectivity index (χ3v) is 14.2. The van der Waals surface area contributed by atoms with E-state index in [9.17, 15) is 19.2 Å². The highest BCUT2D eigenvalue weighted by Gasteiger charge is 2.19. The topological polar surface area (TPSA) is 378 Å². The first-order chi connectivity index (χ1) is 46.7. The lowest BCUT2D eigenvalue weighted by atomic mass is 9.81. The van der Waals surface area contributed by atoms with Crippen molar-refractivity contribution in [2.45, 2.75) is 67.5 Å². The largest absolute Gasteiger partial charge is 0.488 e. The van der Waals surface area contributed by atoms with Crippen molar-refractivity contribution >= 4 is 59.6 Å². The zero-order valence-corrected chi connectivity index (χ0v) is 54.6. The van der Waals surface area contributed by atoms with Crippen molar-refractivity contribution < 1.29 is 39.1 Å². The molecule has 12 aromatic rings. The van der Waals surface area contributed by atoms with E-state index in [2.05, 4.69) is 96.3 Å². The number of carboxylic acids is 1. The second-order valence-electron chi connectivity index (χ2n) is 21.4. The van der Waals surface area contributed by atoms with Gasteiger partial charge in [0.25, 0.3) is 11.8 Å². The molecular formula is C67H64BClN20O8. The van der Waals surface area contributed by atoms with E-state index >= 15 is 0 Å². The predicted molar refractivity (Wildman–Crippen MR) is 362 cm³/mol. The second kappa shape index (κ2) is 34.1. The third kappa shape index (κ3) is 19.4. The standard InChI is InChI=1S/2C21H20N8O.C12H10N2O2.C8H8ClNO2.C5H6BNO2/c2*1-13(2)29-20(26-27-28-29)17-5-4-6-19(24-17)25-21(30)18-11-16(14(3)12-23-18)15-7-9-22-10-8-15;1-8-7-14-11(12(15)16)6-10(8)9-2-4-13-5-3-9;1-5-4-10-7(3-6(5)9)8(11)12-2;8-6(9)5-1-3-7-4-2-5/h2*4-13H,1-3H3,(H,24,25,30);2-7H,1H3,(H,15,16);3-4H,1-2H3;1-4,8-9H. The summed E-state index contributed by atoms with van der Waals surface area (Å²) in [4.78, 5) is 88.3. The summed E-state index contributed by atoms with van der Waals surface area (Å²) in [5.41, 5.74) is 11.8. The molecule has 0 bridgehead atoms. The van der Waals surface area contributed by atoms with Crippen molar-refractivity contribution in [3.05, 3.63) is 234 Å². The summed E-state index contributed by atoms with van der Waals surface area (Å²) in [6, 6.07) is 31.7. The number of carboxylic acid groups (broad SMARTS) is 1. The number of carbonyl (C=O) groups is 4. The number of amides is 2. The SMILES string of the molecule is COC(=O)c1cc(Cl)c(C)cn1.Cc1cnc(C(=O)Nc2cccc(-c3nnnn3C(C)C)n2)cc1-c1ccncc1.Cc1cnc(C(=O)Nc2cccc(-c3nnnn3C(C)C)n2)cc1-c1ccncc1.Cc1cnc(C(=O)O)cc1-c1ccncc1.OB(O)c1ccncc1. The molecule has 490 valence electrons. The second-order valence-corrected chi connectivity index (χ2v) is 21.8. The number of carbonyl (C=O) groups excluding carboxylic acids is 3. The summed E-state index contributed by atoms with van der Waals surface area (Å²) in [7, 11) is -0.0781. The highest BCUT2D eigenvalue weighted by atomic mass is 35.5. The molecule has 0 radical (unpaired) electrons. The van der Waals surface area contributed by atoms with Gasteiger partial charge in [-0.25, -0.2) is 38.9 Å². The number of tetrazole rings is 2. The van der Waals surface area contributed by atoms with Gasteiger partial charge in [-0.3, -0.25) is 39.5 Å². The van der Waals surface area contributed by atoms with Crippen LogP contribution >= 0.6 is 11.6 Å². The van der Waals surface area contributed by atoms with Gasteiger partial charge in [0, 0.05) is 79.4 Å². The minimum atomic E-state index is -1.38. The van der Waals surface area contributed by atoms with Crippen LogP contribution < -0.4 is 16.1 Å². The maximum absolute atomic E-state index is 12.8. The number of rotatable bonds is 14. The number of aromatic carboxylic acids is 1. The Kier molecular flexibility index (Phi) is 24.8. The van der Waals surface area contributed by atoms with Gasteiger partial charge in [-0.15, -0.1) is 10.2 Å². The number of nitrogens with zero attached hydrogens (tertiary/aromatic N) is 18. The van der Waals surface area contributed by atoms with Gasteiger partial charge in [-0.05, 0) is 234 Å². The summed E-state index contributed by atoms with van der Waals surface area (Å²) in [6.45, 7) is 15.5. The molecule has 0 fully saturated rings. The Morgan fingerprint density at radius 1 is 0.495 bits per heavy atom. The Labute approximate surface area is 561 Å². The molecule has 2 amide bonds. The molecule has 0 aliphatic heterocycles. The summed E-state index contributed by atoms with van der Waals surface area (Å²) < 4.78 is 7.83. The van der Waals surface area contributed by atoms with Crippen molar-refractivity contribution in [1.29, 1.82) is 0 Å². The van der Waals surface area contributed by atoms with E-state index in [1.165, 1.54) is 31.8 Å². The number of esters is 1. The van der Waals surface area contributed by atoms with Crippen LogP contribution in [0.3, 0.4) is 0 Å². The first-order valence-electron chi connectivity index (χ1n) is 29.6. The molecule has 28 nitrogen and oxygen atoms in total. The number of aromatic nitrogens is 18. The molecule has 0 aromatic carbocycles. The molecule has 0 atom stereocenters. The zero-order valence-electron chi connectivity index (χ0n) is 53.9. The molecule has 0 aliphatic carbocycles. The van der Waals surface area contributed by atoms with Gasteiger partial charge < -0.3 is 30.5 Å². The number of pyridine rings is 10. The third-order valence-electron chi connectivity index (χ3n) is 13.8. The Bertz CT molecular complexity index is 4440. The number of aryl methyl sites for hydroxylation is 4. The summed E-state index contributed by atoms with van der Waals surface area (Å²) in [5, 5.41) is 55.6. The van der Waals surface area contributed by atoms with Crippen LogP contribution in [-0.4, -0.2) is 143 Å². The smallest absolute Gasteiger partial charge is 0.477 e. The Hall–Kier alpha value is -12.2. The van der Waals surface area contributed by atoms with E-state index in [0.29, 0.717) is 56.5 Å². The zero-order chi connectivity index (χ0) is 69.5. The summed E-state index contributed by atoms with van der Waals surface area (Å²) in [6.07, 6.45) is 19.7. The van der Waals surface area contributed by atoms with Gasteiger partial charge in [-0.1, -0.05) is 23.7 Å². The predicted octanol–water partition coefficient (Wildman–Crippen LogP) is 9.41. The van der Waals surface area contributed by atoms with Crippen molar-refractivity contribution in [3.8, 4) is 56.4 Å². The average molecular weight is 1320 g/mol. The van der Waals surface area contributed by atoms with E-state index in [1.807, 2.05) is 91.8 Å². The van der Waals surface area contributed by atoms with Crippen LogP contribution in [-0.2, 0) is 4.74 Å². The molecule has 97 heavy (non-hydrogen) atoms. The molecule has 0 spiro atoms. The maximum atomic E-state index is 12.8. The van der Waals surface area contributed by atoms with Gasteiger partial charge in [-0.2, -0.15) is 0 Å². The monoisotopic (exact) mass is 1320 g/mol. The van der Waals surface area contributed by atoms with Crippen LogP contribution in [0.15, 0.2) is 184 Å². The first kappa shape index (κ1) is 70.7. The van der Waals surface area contributed by atoms with Crippen molar-refractivity contribution in [2.24, 2.45) is 0 Å². The molecule has 0 saturated carbocycles. The fraction of sp³-hybridized carbons (Fsp3) is 0.164. The van der Waals surface area contributed by atoms with Crippen molar-refractivity contribution in [1.82, 2.24) is 90.3 Å². The number of ether oxygens (including phenoxy) is 1. The Balaban J connectivity index is 0.000000166. The first-order valence-corrected chi connectivity index (χ1v) is 30.0. The highest BCUT2D eigenvalue weighted by Crippen LogP contribution is 2.27. The lowest BCUT2D eigenvalue weighted by Gasteiger charge is -2.10. The van der Waals surface area contributed by atoms with Gasteiger partial charge in [0.2, 0.25) is 11.6 Å². The number of methoxy groups -OCH3 is 1. The molecule has 0 saturated heterocycles. The van der Waals surface area contributed by atoms with Crippen LogP contribution in [0.1, 0.15) is 104 Å². The Morgan fingerprint density at radius 3 is 1.21 bits per heavy atom. The number of anilines is 2. The number of hydrogen-bond acceptors (Lipinski definition) is 23. The van der Waals surface area contributed by atoms with E-state index in [4.69, 9.17) is 26.8 Å². The molecule has 12 heterocycles. The Morgan fingerprint density at radius 2 is 0.856 bits per heavy atom. The van der Waals surface area contributed by atoms with E-state index in [0.717, 1.165) is 55.6 Å². The molecule has 12 rings (SSSR count). The lowest BCUT2D eigenvalue weighted by molar-refractivity contribution is 0.0592. The van der Waals surface area contributed by atoms with E-state index in [-0.39, 0.29) is 35.3 Å². The molecular weight excluding hydrogens is 1260 g/mol. The fourth-order valence-corrected chi connectivity index (χ4v) is 8.91. The molecule has 30 heteroatoms. The van der Waals surface area contributed by atoms with Crippen LogP contribution in [0.2, 0.25) is 5.02 Å².